The number of carboxylic acid groups (broad SMARTS) is 2. The van der Waals surface area contributed by atoms with E-state index in [1.165, 1.54) is 4.90 Å². The summed E-state index contributed by atoms with van der Waals surface area (Å²) in [6.07, 6.45) is -2.16. The van der Waals surface area contributed by atoms with Crippen LogP contribution in [0.2, 0.25) is 0 Å². The van der Waals surface area contributed by atoms with Crippen molar-refractivity contribution < 1.29 is 42.6 Å². The predicted octanol–water partition coefficient (Wildman–Crippen LogP) is 6.38. The fourth-order valence-electron chi connectivity index (χ4n) is 5.87. The quantitative estimate of drug-likeness (QED) is 0.0740. The third-order valence-corrected chi connectivity index (χ3v) is 8.18. The van der Waals surface area contributed by atoms with Crippen LogP contribution in [0, 0.1) is 0 Å². The van der Waals surface area contributed by atoms with Gasteiger partial charge in [0.25, 0.3) is 11.8 Å². The molecule has 52 heavy (non-hydrogen) atoms. The first-order chi connectivity index (χ1) is 24.8. The molecule has 2 amide bonds. The number of nitrogens with zero attached hydrogens (tertiary/aromatic N) is 3. The number of para-hydroxylation sites is 1. The van der Waals surface area contributed by atoms with Gasteiger partial charge in [0, 0.05) is 12.2 Å². The first-order valence-electron chi connectivity index (χ1n) is 16.3. The van der Waals surface area contributed by atoms with Crippen molar-refractivity contribution in [3.63, 3.8) is 0 Å². The summed E-state index contributed by atoms with van der Waals surface area (Å²) in [4.78, 5) is 58.0. The lowest BCUT2D eigenvalue weighted by Crippen LogP contribution is -2.43. The van der Waals surface area contributed by atoms with E-state index >= 15 is 0 Å². The zero-order valence-electron chi connectivity index (χ0n) is 27.9. The number of guanidine groups is 1. The van der Waals surface area contributed by atoms with Crippen LogP contribution in [0.5, 0.6) is 0 Å². The molecule has 0 spiro atoms. The number of aliphatic carboxylic acids is 2. The van der Waals surface area contributed by atoms with E-state index in [0.717, 1.165) is 24.8 Å². The van der Waals surface area contributed by atoms with E-state index in [1.54, 1.807) is 41.3 Å². The van der Waals surface area contributed by atoms with Gasteiger partial charge in [0.05, 0.1) is 23.7 Å². The second-order valence-corrected chi connectivity index (χ2v) is 11.8. The average molecular weight is 718 g/mol. The van der Waals surface area contributed by atoms with Crippen LogP contribution >= 0.6 is 0 Å². The fourth-order valence-corrected chi connectivity index (χ4v) is 5.87. The second kappa shape index (κ2) is 17.7. The topological polar surface area (TPSA) is 180 Å². The van der Waals surface area contributed by atoms with Gasteiger partial charge in [0.2, 0.25) is 0 Å². The molecule has 0 aromatic heterocycles. The lowest BCUT2D eigenvalue weighted by atomic mass is 9.95. The van der Waals surface area contributed by atoms with Crippen molar-refractivity contribution in [2.24, 2.45) is 16.5 Å². The molecule has 1 aliphatic rings. The van der Waals surface area contributed by atoms with Gasteiger partial charge in [0.15, 0.2) is 5.96 Å². The Balaban J connectivity index is 0.000000785. The van der Waals surface area contributed by atoms with Crippen LogP contribution < -0.4 is 16.4 Å². The van der Waals surface area contributed by atoms with E-state index in [0.29, 0.717) is 41.0 Å². The Labute approximate surface area is 298 Å². The Morgan fingerprint density at radius 2 is 1.38 bits per heavy atom. The van der Waals surface area contributed by atoms with Crippen LogP contribution in [0.15, 0.2) is 114 Å². The Hall–Kier alpha value is -6.18. The Kier molecular flexibility index (Phi) is 13.1. The first kappa shape index (κ1) is 38.6. The number of benzene rings is 4. The van der Waals surface area contributed by atoms with E-state index < -0.39 is 36.1 Å². The van der Waals surface area contributed by atoms with E-state index in [4.69, 9.17) is 21.4 Å². The first-order valence-corrected chi connectivity index (χ1v) is 16.3. The number of rotatable bonds is 12. The molecule has 0 bridgehead atoms. The summed E-state index contributed by atoms with van der Waals surface area (Å²) >= 11 is 0. The van der Waals surface area contributed by atoms with Crippen LogP contribution in [0.1, 0.15) is 64.8 Å². The van der Waals surface area contributed by atoms with Gasteiger partial charge in [-0.3, -0.25) is 24.3 Å². The number of aryl methyl sites for hydroxylation is 1. The smallest absolute Gasteiger partial charge is 0.481 e. The Bertz CT molecular complexity index is 1870. The van der Waals surface area contributed by atoms with Crippen LogP contribution in [0.3, 0.4) is 0 Å². The highest BCUT2D eigenvalue weighted by Crippen LogP contribution is 2.43. The lowest BCUT2D eigenvalue weighted by molar-refractivity contribution is -0.192. The molecule has 4 aromatic carbocycles. The summed E-state index contributed by atoms with van der Waals surface area (Å²) in [6, 6.07) is 31.0. The molecule has 0 fully saturated rings. The van der Waals surface area contributed by atoms with E-state index in [2.05, 4.69) is 4.99 Å². The summed E-state index contributed by atoms with van der Waals surface area (Å²) in [7, 11) is 0. The van der Waals surface area contributed by atoms with Crippen molar-refractivity contribution in [2.45, 2.75) is 50.4 Å². The molecule has 0 radical (unpaired) electrons. The number of hydrogen-bond acceptors (Lipinski definition) is 5. The molecule has 0 aliphatic carbocycles. The molecule has 272 valence electrons. The number of hydrogen-bond donors (Lipinski definition) is 4. The van der Waals surface area contributed by atoms with Gasteiger partial charge in [-0.15, -0.1) is 0 Å². The highest BCUT2D eigenvalue weighted by atomic mass is 19.4. The largest absolute Gasteiger partial charge is 0.490 e. The maximum atomic E-state index is 14.9. The third kappa shape index (κ3) is 9.96. The number of nitrogens with two attached hydrogens (primary N) is 2. The average Bonchev–Trinajstić information content (AvgIpc) is 3.21. The van der Waals surface area contributed by atoms with Crippen molar-refractivity contribution in [2.75, 3.05) is 11.4 Å². The van der Waals surface area contributed by atoms with Crippen molar-refractivity contribution in [3.05, 3.63) is 131 Å². The number of halogens is 3. The van der Waals surface area contributed by atoms with Gasteiger partial charge in [-0.2, -0.15) is 13.2 Å². The molecule has 0 saturated carbocycles. The minimum atomic E-state index is -5.08. The fraction of sp³-hybridized carbons (Fsp3) is 0.237. The molecule has 0 saturated heterocycles. The lowest BCUT2D eigenvalue weighted by Gasteiger charge is -2.37. The molecule has 11 nitrogen and oxygen atoms in total. The van der Waals surface area contributed by atoms with Gasteiger partial charge in [-0.25, -0.2) is 4.79 Å². The zero-order chi connectivity index (χ0) is 37.8. The predicted molar refractivity (Wildman–Crippen MR) is 189 cm³/mol. The Morgan fingerprint density at radius 3 is 1.94 bits per heavy atom. The van der Waals surface area contributed by atoms with Crippen molar-refractivity contribution in [1.29, 1.82) is 0 Å². The summed E-state index contributed by atoms with van der Waals surface area (Å²) in [5.74, 6) is -4.51. The number of fused-ring (bicyclic) bond motifs is 1. The summed E-state index contributed by atoms with van der Waals surface area (Å²) in [5, 5.41) is 17.2. The molecule has 2 unspecified atom stereocenters. The number of amides is 2. The maximum absolute atomic E-state index is 14.9. The van der Waals surface area contributed by atoms with Crippen LogP contribution in [-0.4, -0.2) is 57.5 Å². The molecular weight excluding hydrogens is 679 g/mol. The second-order valence-electron chi connectivity index (χ2n) is 11.8. The van der Waals surface area contributed by atoms with Gasteiger partial charge >= 0.3 is 18.1 Å². The summed E-state index contributed by atoms with van der Waals surface area (Å²) in [5.41, 5.74) is 14.4. The molecular formula is C38H38F3N5O6. The molecule has 4 aromatic rings. The number of carboxylic acids is 2. The summed E-state index contributed by atoms with van der Waals surface area (Å²) < 4.78 is 31.7. The number of alkyl halides is 3. The molecule has 5 rings (SSSR count). The molecule has 14 heteroatoms. The van der Waals surface area contributed by atoms with Crippen LogP contribution in [0.25, 0.3) is 0 Å². The minimum absolute atomic E-state index is 0.0758. The van der Waals surface area contributed by atoms with Crippen LogP contribution in [-0.2, 0) is 20.8 Å². The van der Waals surface area contributed by atoms with Gasteiger partial charge in [-0.1, -0.05) is 91.3 Å². The van der Waals surface area contributed by atoms with Crippen molar-refractivity contribution in [3.8, 4) is 0 Å². The number of carbonyl (C=O) groups excluding carboxylic acids is 2. The summed E-state index contributed by atoms with van der Waals surface area (Å²) in [6.45, 7) is 0.555. The van der Waals surface area contributed by atoms with Crippen LogP contribution in [0.4, 0.5) is 24.5 Å². The number of aliphatic imine (C=N–C) groups is 1. The normalized spacial score (nSPS) is 14.7. The van der Waals surface area contributed by atoms with E-state index in [-0.39, 0.29) is 18.3 Å². The Morgan fingerprint density at radius 1 is 0.808 bits per heavy atom. The monoisotopic (exact) mass is 717 g/mol. The van der Waals surface area contributed by atoms with Gasteiger partial charge in [-0.05, 0) is 60.2 Å². The molecule has 1 aliphatic heterocycles. The highest BCUT2D eigenvalue weighted by molar-refractivity contribution is 6.14. The minimum Gasteiger partial charge on any atom is -0.481 e. The number of unbranched alkanes of at least 4 members (excludes halogenated alkanes) is 2. The number of anilines is 2. The van der Waals surface area contributed by atoms with Crippen molar-refractivity contribution in [1.82, 2.24) is 4.90 Å². The van der Waals surface area contributed by atoms with Gasteiger partial charge < -0.3 is 26.6 Å². The zero-order valence-corrected chi connectivity index (χ0v) is 27.9. The molecule has 1 heterocycles. The van der Waals surface area contributed by atoms with E-state index in [1.807, 2.05) is 72.8 Å². The van der Waals surface area contributed by atoms with Gasteiger partial charge in [0.1, 0.15) is 6.04 Å². The highest BCUT2D eigenvalue weighted by Gasteiger charge is 2.45. The van der Waals surface area contributed by atoms with Crippen molar-refractivity contribution >= 4 is 41.1 Å². The molecule has 2 atom stereocenters. The standard InChI is InChI=1S/C36H37N5O4.C2HF3O2/c37-36(38)39-22-12-4-5-13-25-20-21-30-29(23-25)34(44)41(31(24-32(42)43)26-14-6-1-7-15-26)33(27-16-8-2-9-17-27)35(45)40(30)28-18-10-3-11-19-28;3-2(4,5)1(6)7/h1-3,6-11,14-21,23,31,33H,4-5,12-13,22,24H2,(H,42,43)(H4,37,38,39);(H,6,7). The number of carbonyl (C=O) groups is 4. The maximum Gasteiger partial charge on any atom is 0.490 e. The molecule has 6 N–H and O–H groups in total. The SMILES string of the molecule is NC(N)=NCCCCCc1ccc2c(c1)C(=O)N(C(CC(=O)O)c1ccccc1)C(c1ccccc1)C(=O)N2c1ccccc1.O=C(O)C(F)(F)F. The third-order valence-electron chi connectivity index (χ3n) is 8.18. The van der Waals surface area contributed by atoms with E-state index in [9.17, 15) is 32.7 Å².